The minimum absolute atomic E-state index is 0.524. The average molecular weight is 242 g/mol. The molecule has 2 heteroatoms. The summed E-state index contributed by atoms with van der Waals surface area (Å²) < 4.78 is 0. The molecule has 4 heterocycles. The highest BCUT2D eigenvalue weighted by Gasteiger charge is 2.56. The van der Waals surface area contributed by atoms with Crippen molar-refractivity contribution in [2.75, 3.05) is 26.2 Å². The van der Waals surface area contributed by atoms with Crippen LogP contribution in [0.4, 0.5) is 0 Å². The zero-order valence-corrected chi connectivity index (χ0v) is 11.4. The van der Waals surface area contributed by atoms with E-state index in [9.17, 15) is 0 Å². The number of piperidine rings is 2. The third-order valence-electron chi connectivity index (χ3n) is 4.98. The largest absolute Gasteiger partial charge is 0.283 e. The SMILES string of the molecule is CC12CN3CC(C)(CN(C1)C3c1ccccc1)C2. The van der Waals surface area contributed by atoms with E-state index in [2.05, 4.69) is 54.0 Å². The Labute approximate surface area is 110 Å². The molecule has 1 aromatic rings. The van der Waals surface area contributed by atoms with Crippen LogP contribution in [-0.2, 0) is 0 Å². The molecule has 1 aromatic carbocycles. The summed E-state index contributed by atoms with van der Waals surface area (Å²) in [7, 11) is 0. The molecule has 5 rings (SSSR count). The fourth-order valence-corrected chi connectivity index (χ4v) is 5.05. The van der Waals surface area contributed by atoms with Gasteiger partial charge in [0.1, 0.15) is 0 Å². The zero-order valence-electron chi connectivity index (χ0n) is 11.4. The molecule has 0 aliphatic carbocycles. The summed E-state index contributed by atoms with van der Waals surface area (Å²) in [6, 6.07) is 11.0. The Balaban J connectivity index is 1.73. The molecular weight excluding hydrogens is 220 g/mol. The van der Waals surface area contributed by atoms with E-state index in [4.69, 9.17) is 0 Å². The summed E-state index contributed by atoms with van der Waals surface area (Å²) in [6.45, 7) is 10.1. The Morgan fingerprint density at radius 1 is 0.889 bits per heavy atom. The number of hydrogen-bond donors (Lipinski definition) is 0. The Hall–Kier alpha value is -0.860. The van der Waals surface area contributed by atoms with Crippen LogP contribution in [0.5, 0.6) is 0 Å². The Bertz CT molecular complexity index is 431. The Kier molecular flexibility index (Phi) is 2.06. The molecule has 0 unspecified atom stereocenters. The predicted octanol–water partition coefficient (Wildman–Crippen LogP) is 2.73. The zero-order chi connectivity index (χ0) is 12.4. The van der Waals surface area contributed by atoms with Gasteiger partial charge >= 0.3 is 0 Å². The van der Waals surface area contributed by atoms with Crippen molar-refractivity contribution in [2.45, 2.75) is 26.4 Å². The van der Waals surface area contributed by atoms with Gasteiger partial charge in [0.15, 0.2) is 0 Å². The van der Waals surface area contributed by atoms with Gasteiger partial charge in [-0.3, -0.25) is 9.80 Å². The molecule has 0 aromatic heterocycles. The minimum Gasteiger partial charge on any atom is -0.283 e. The van der Waals surface area contributed by atoms with Gasteiger partial charge in [-0.15, -0.1) is 0 Å². The molecule has 96 valence electrons. The van der Waals surface area contributed by atoms with Crippen molar-refractivity contribution < 1.29 is 0 Å². The first-order valence-electron chi connectivity index (χ1n) is 7.10. The molecule has 4 aliphatic rings. The van der Waals surface area contributed by atoms with Gasteiger partial charge in [0.2, 0.25) is 0 Å². The summed E-state index contributed by atoms with van der Waals surface area (Å²) in [6.07, 6.45) is 1.95. The van der Waals surface area contributed by atoms with Crippen LogP contribution in [0.25, 0.3) is 0 Å². The van der Waals surface area contributed by atoms with Crippen LogP contribution in [0.3, 0.4) is 0 Å². The van der Waals surface area contributed by atoms with Gasteiger partial charge in [-0.2, -0.15) is 0 Å². The maximum atomic E-state index is 2.71. The van der Waals surface area contributed by atoms with Gasteiger partial charge in [-0.25, -0.2) is 0 Å². The van der Waals surface area contributed by atoms with E-state index < -0.39 is 0 Å². The Morgan fingerprint density at radius 3 is 1.89 bits per heavy atom. The van der Waals surface area contributed by atoms with Crippen molar-refractivity contribution in [3.05, 3.63) is 35.9 Å². The van der Waals surface area contributed by atoms with E-state index in [-0.39, 0.29) is 0 Å². The molecule has 18 heavy (non-hydrogen) atoms. The average Bonchev–Trinajstić information content (AvgIpc) is 2.25. The van der Waals surface area contributed by atoms with Crippen molar-refractivity contribution >= 4 is 0 Å². The summed E-state index contributed by atoms with van der Waals surface area (Å²) in [5, 5.41) is 0. The normalized spacial score (nSPS) is 49.6. The molecule has 0 N–H and O–H groups in total. The lowest BCUT2D eigenvalue weighted by atomic mass is 9.63. The third kappa shape index (κ3) is 1.49. The summed E-state index contributed by atoms with van der Waals surface area (Å²) in [5.74, 6) is 0. The molecule has 4 bridgehead atoms. The van der Waals surface area contributed by atoms with Crippen LogP contribution in [0.1, 0.15) is 32.0 Å². The van der Waals surface area contributed by atoms with Gasteiger partial charge in [-0.1, -0.05) is 44.2 Å². The van der Waals surface area contributed by atoms with Crippen molar-refractivity contribution in [1.29, 1.82) is 0 Å². The summed E-state index contributed by atoms with van der Waals surface area (Å²) in [5.41, 5.74) is 2.52. The van der Waals surface area contributed by atoms with E-state index in [1.54, 1.807) is 0 Å². The number of rotatable bonds is 1. The maximum absolute atomic E-state index is 2.71. The van der Waals surface area contributed by atoms with Crippen molar-refractivity contribution in [3.63, 3.8) is 0 Å². The van der Waals surface area contributed by atoms with E-state index in [0.29, 0.717) is 17.0 Å². The molecule has 0 spiro atoms. The number of benzene rings is 1. The highest BCUT2D eigenvalue weighted by Crippen LogP contribution is 2.53. The van der Waals surface area contributed by atoms with Gasteiger partial charge in [-0.05, 0) is 22.8 Å². The first-order chi connectivity index (χ1) is 8.57. The quantitative estimate of drug-likeness (QED) is 0.747. The highest BCUT2D eigenvalue weighted by molar-refractivity contribution is 5.22. The second kappa shape index (κ2) is 3.37. The lowest BCUT2D eigenvalue weighted by molar-refractivity contribution is -0.194. The molecule has 2 nitrogen and oxygen atoms in total. The smallest absolute Gasteiger partial charge is 0.0886 e. The van der Waals surface area contributed by atoms with Gasteiger partial charge in [0.05, 0.1) is 6.17 Å². The maximum Gasteiger partial charge on any atom is 0.0886 e. The van der Waals surface area contributed by atoms with Crippen LogP contribution in [0, 0.1) is 10.8 Å². The molecule has 0 radical (unpaired) electrons. The second-order valence-electron chi connectivity index (χ2n) is 7.39. The van der Waals surface area contributed by atoms with Crippen LogP contribution in [0.2, 0.25) is 0 Å². The minimum atomic E-state index is 0.524. The van der Waals surface area contributed by atoms with E-state index >= 15 is 0 Å². The summed E-state index contributed by atoms with van der Waals surface area (Å²) >= 11 is 0. The lowest BCUT2D eigenvalue weighted by Gasteiger charge is -2.66. The van der Waals surface area contributed by atoms with Gasteiger partial charge in [0.25, 0.3) is 0 Å². The molecule has 0 atom stereocenters. The standard InChI is InChI=1S/C16H22N2/c1-15-8-16(2)11-17(9-15)14(18(10-15)12-16)13-6-4-3-5-7-13/h3-7,14H,8-12H2,1-2H3. The second-order valence-corrected chi connectivity index (χ2v) is 7.39. The fraction of sp³-hybridized carbons (Fsp3) is 0.625. The monoisotopic (exact) mass is 242 g/mol. The number of nitrogens with zero attached hydrogens (tertiary/aromatic N) is 2. The van der Waals surface area contributed by atoms with Crippen LogP contribution < -0.4 is 0 Å². The predicted molar refractivity (Wildman–Crippen MR) is 73.2 cm³/mol. The van der Waals surface area contributed by atoms with Crippen LogP contribution in [-0.4, -0.2) is 36.0 Å². The molecule has 4 fully saturated rings. The van der Waals surface area contributed by atoms with E-state index in [0.717, 1.165) is 0 Å². The highest BCUT2D eigenvalue weighted by atomic mass is 15.4. The molecule has 4 aliphatic heterocycles. The lowest BCUT2D eigenvalue weighted by Crippen LogP contribution is -2.70. The summed E-state index contributed by atoms with van der Waals surface area (Å²) in [4.78, 5) is 5.43. The van der Waals surface area contributed by atoms with E-state index in [1.165, 1.54) is 38.2 Å². The molecule has 0 saturated carbocycles. The molecule has 4 saturated heterocycles. The van der Waals surface area contributed by atoms with E-state index in [1.807, 2.05) is 0 Å². The fourth-order valence-electron chi connectivity index (χ4n) is 5.05. The first kappa shape index (κ1) is 11.0. The van der Waals surface area contributed by atoms with Gasteiger partial charge in [0, 0.05) is 26.2 Å². The van der Waals surface area contributed by atoms with Crippen molar-refractivity contribution in [2.24, 2.45) is 10.8 Å². The van der Waals surface area contributed by atoms with Crippen molar-refractivity contribution in [3.8, 4) is 0 Å². The molecular formula is C16H22N2. The topological polar surface area (TPSA) is 6.48 Å². The first-order valence-corrected chi connectivity index (χ1v) is 7.10. The van der Waals surface area contributed by atoms with Crippen molar-refractivity contribution in [1.82, 2.24) is 9.80 Å². The van der Waals surface area contributed by atoms with Crippen LogP contribution >= 0.6 is 0 Å². The molecule has 0 amide bonds. The van der Waals surface area contributed by atoms with Crippen LogP contribution in [0.15, 0.2) is 30.3 Å². The number of hydrogen-bond acceptors (Lipinski definition) is 2. The third-order valence-corrected chi connectivity index (χ3v) is 4.98. The Morgan fingerprint density at radius 2 is 1.39 bits per heavy atom. The van der Waals surface area contributed by atoms with Gasteiger partial charge < -0.3 is 0 Å².